The number of hydrogen-bond acceptors (Lipinski definition) is 23. The molecule has 10 aliphatic carbocycles. The Bertz CT molecular complexity index is 4130. The number of carbonyl (C=O) groups is 9. The van der Waals surface area contributed by atoms with Crippen LogP contribution in [0.5, 0.6) is 0 Å². The molecule has 1 N–H and O–H groups in total. The lowest BCUT2D eigenvalue weighted by Gasteiger charge is -2.54. The number of Topliss-reactive ketones (excluding diaryl/α,β-unsaturated/α-hetero) is 5. The Labute approximate surface area is 659 Å². The monoisotopic (exact) mass is 1560 g/mol. The molecular weight excluding hydrogens is 1440 g/mol. The SMILES string of the molecule is CCOC(=O)C(=O)C1CC[C@H]2[C@H](C)C3(CC[C@]2(C)C1=O)OCCO3.CCOC(=O)c1c2c(nn1C)[C@@]1(C)C/C(=C/O)C(=O)[C@@H](C)[C@@H]1CC2.CCOC(=O)c1c2c(nn1C)[C@@]1(C)CCC(=O)[C@@H](C)[C@@H]1CC2.CCOC(=O)c1c2c(nn1C)[C@@]1(C)CCC3(OCCO3)[C@@H](C)[C@@H]1CC2.C[C@H]1[C@@H]2CCCC(=O)[C@@]2(C)CCC12OCCO2. The van der Waals surface area contributed by atoms with Gasteiger partial charge in [0.15, 0.2) is 23.1 Å². The number of esters is 4. The summed E-state index contributed by atoms with van der Waals surface area (Å²) in [5, 5.41) is 23.6. The van der Waals surface area contributed by atoms with Gasteiger partial charge in [0.25, 0.3) is 0 Å². The van der Waals surface area contributed by atoms with E-state index in [0.29, 0.717) is 168 Å². The predicted molar refractivity (Wildman–Crippen MR) is 408 cm³/mol. The molecule has 26 heteroatoms. The number of hydrogen-bond donors (Lipinski definition) is 1. The van der Waals surface area contributed by atoms with Crippen LogP contribution in [0.1, 0.15) is 271 Å². The minimum Gasteiger partial charge on any atom is -0.515 e. The van der Waals surface area contributed by atoms with Gasteiger partial charge in [0.1, 0.15) is 34.4 Å². The minimum atomic E-state index is -0.888. The number of rotatable bonds is 9. The summed E-state index contributed by atoms with van der Waals surface area (Å²) < 4.78 is 61.1. The number of ether oxygens (including phenoxy) is 10. The van der Waals surface area contributed by atoms with Crippen molar-refractivity contribution in [1.29, 1.82) is 0 Å². The van der Waals surface area contributed by atoms with Gasteiger partial charge in [0.05, 0.1) is 95.3 Å². The first-order valence-electron chi connectivity index (χ1n) is 41.8. The van der Waals surface area contributed by atoms with E-state index in [0.717, 1.165) is 124 Å². The Morgan fingerprint density at radius 1 is 0.446 bits per heavy atom. The standard InChI is InChI=1S/C19H28N2O4.C18H24N2O4.C18H26O6.C17H24N2O3.C14H22O3/c1-5-23-17(22)15-13-6-7-14-12(2)19(24-10-11-25-19)9-8-18(14,3)16(13)20-21(15)4;1-5-24-17(23)14-12-6-7-13-10(2)15(22)11(9-21)8-18(13,3)16(12)19-20(14)4;1-4-22-16(21)14(19)12-5-6-13-11(2)18(23-9-10-24-18)8-7-17(13,3)15(12)20;1-5-22-16(21)14-11-6-7-12-10(2)13(20)8-9-17(12,3)15(11)18-19(14)4;1-10-11-4-3-5-12(15)13(11,2)6-7-14(10)16-8-9-17-14/h12,14H,5-11H2,1-4H3;9-10,13,21H,5-8H2,1-4H3;11-13H,4-10H2,1-3H3;10,12H,5-9H2,1-4H3;10-11H,3-9H2,1-2H3/b;11-9-;;;/t12-,14-,18-;10-,13-,18-;11-,12?,13-,17-;10-,12-,17-;10-,11-,13-/m00000/s1. The fourth-order valence-electron chi connectivity index (χ4n) is 23.7. The molecule has 3 aliphatic heterocycles. The fraction of sp³-hybridized carbons (Fsp3) is 0.767. The van der Waals surface area contributed by atoms with Crippen molar-refractivity contribution in [2.24, 2.45) is 97.1 Å². The molecule has 112 heavy (non-hydrogen) atoms. The molecule has 3 aromatic rings. The molecule has 1 unspecified atom stereocenters. The molecule has 13 aliphatic rings. The molecule has 16 rings (SSSR count). The number of ketones is 5. The highest BCUT2D eigenvalue weighted by Gasteiger charge is 2.64. The molecule has 0 bridgehead atoms. The summed E-state index contributed by atoms with van der Waals surface area (Å²) in [7, 11) is 5.41. The first kappa shape index (κ1) is 84.6. The van der Waals surface area contributed by atoms with E-state index in [1.165, 1.54) is 0 Å². The van der Waals surface area contributed by atoms with Crippen molar-refractivity contribution in [2.45, 2.75) is 259 Å². The number of fused-ring (bicyclic) bond motifs is 11. The maximum Gasteiger partial charge on any atom is 0.375 e. The van der Waals surface area contributed by atoms with E-state index in [9.17, 15) is 48.3 Å². The van der Waals surface area contributed by atoms with E-state index in [-0.39, 0.29) is 93.1 Å². The van der Waals surface area contributed by atoms with Gasteiger partial charge in [-0.3, -0.25) is 38.0 Å². The van der Waals surface area contributed by atoms with E-state index in [1.54, 1.807) is 42.0 Å². The van der Waals surface area contributed by atoms with Crippen LogP contribution in [0.3, 0.4) is 0 Å². The maximum atomic E-state index is 13.1. The van der Waals surface area contributed by atoms with Gasteiger partial charge in [-0.1, -0.05) is 69.2 Å². The largest absolute Gasteiger partial charge is 0.515 e. The summed E-state index contributed by atoms with van der Waals surface area (Å²) in [6.45, 7) is 33.5. The van der Waals surface area contributed by atoms with Crippen LogP contribution in [0, 0.1) is 75.9 Å². The molecule has 0 radical (unpaired) electrons. The van der Waals surface area contributed by atoms with Crippen molar-refractivity contribution < 1.29 is 95.6 Å². The van der Waals surface area contributed by atoms with E-state index >= 15 is 0 Å². The molecule has 26 nitrogen and oxygen atoms in total. The lowest BCUT2D eigenvalue weighted by Crippen LogP contribution is -2.58. The summed E-state index contributed by atoms with van der Waals surface area (Å²) in [5.41, 5.74) is 6.90. The Morgan fingerprint density at radius 2 is 0.821 bits per heavy atom. The molecule has 3 spiro atoms. The number of nitrogens with zero attached hydrogens (tertiary/aromatic N) is 6. The van der Waals surface area contributed by atoms with E-state index in [2.05, 4.69) is 58.7 Å². The number of aromatic nitrogens is 6. The highest BCUT2D eigenvalue weighted by atomic mass is 16.7. The van der Waals surface area contributed by atoms with Gasteiger partial charge in [-0.05, 0) is 154 Å². The van der Waals surface area contributed by atoms with Crippen molar-refractivity contribution in [2.75, 3.05) is 66.1 Å². The zero-order chi connectivity index (χ0) is 81.2. The van der Waals surface area contributed by atoms with Crippen LogP contribution in [0.15, 0.2) is 11.8 Å². The Balaban J connectivity index is 0.000000131. The Hall–Kier alpha value is -6.84. The molecule has 0 amide bonds. The summed E-state index contributed by atoms with van der Waals surface area (Å²) in [6.07, 6.45) is 17.0. The van der Waals surface area contributed by atoms with Crippen LogP contribution in [0.25, 0.3) is 0 Å². The summed E-state index contributed by atoms with van der Waals surface area (Å²) in [5.74, 6) is -1.86. The van der Waals surface area contributed by atoms with Gasteiger partial charge in [-0.2, -0.15) is 15.3 Å². The van der Waals surface area contributed by atoms with Crippen molar-refractivity contribution in [3.05, 3.63) is 62.7 Å². The van der Waals surface area contributed by atoms with E-state index in [1.807, 2.05) is 41.7 Å². The molecule has 6 heterocycles. The first-order chi connectivity index (χ1) is 53.1. The second kappa shape index (κ2) is 32.7. The number of carbonyl (C=O) groups excluding carboxylic acids is 9. The summed E-state index contributed by atoms with van der Waals surface area (Å²) in [4.78, 5) is 111. The number of allylic oxidation sites excluding steroid dienone is 1. The van der Waals surface area contributed by atoms with Gasteiger partial charge in [-0.25, -0.2) is 19.2 Å². The third-order valence-electron chi connectivity index (χ3n) is 29.9. The van der Waals surface area contributed by atoms with Crippen LogP contribution >= 0.6 is 0 Å². The molecule has 10 fully saturated rings. The number of aliphatic hydroxyl groups excluding tert-OH is 1. The summed E-state index contributed by atoms with van der Waals surface area (Å²) in [6, 6.07) is 0. The van der Waals surface area contributed by atoms with Crippen LogP contribution in [-0.4, -0.2) is 171 Å². The molecule has 3 saturated heterocycles. The normalized spacial score (nSPS) is 35.0. The lowest BCUT2D eigenvalue weighted by molar-refractivity contribution is -0.244. The smallest absolute Gasteiger partial charge is 0.375 e. The van der Waals surface area contributed by atoms with E-state index in [4.69, 9.17) is 52.5 Å². The quantitative estimate of drug-likeness (QED) is 0.0519. The third-order valence-corrected chi connectivity index (χ3v) is 29.9. The molecular formula is C86H124N6O20. The average Bonchev–Trinajstić information content (AvgIpc) is 1.57. The summed E-state index contributed by atoms with van der Waals surface area (Å²) >= 11 is 0. The second-order valence-corrected chi connectivity index (χ2v) is 35.3. The second-order valence-electron chi connectivity index (χ2n) is 35.3. The average molecular weight is 1560 g/mol. The molecule has 7 saturated carbocycles. The lowest BCUT2D eigenvalue weighted by atomic mass is 9.52. The zero-order valence-corrected chi connectivity index (χ0v) is 69.5. The third kappa shape index (κ3) is 14.3. The highest BCUT2D eigenvalue weighted by molar-refractivity contribution is 6.38. The van der Waals surface area contributed by atoms with Crippen molar-refractivity contribution in [1.82, 2.24) is 29.3 Å². The van der Waals surface area contributed by atoms with Crippen molar-refractivity contribution >= 4 is 52.8 Å². The topological polar surface area (TPSA) is 320 Å². The molecule has 618 valence electrons. The molecule has 0 aromatic carbocycles. The Kier molecular flexibility index (Phi) is 24.7. The van der Waals surface area contributed by atoms with Crippen LogP contribution < -0.4 is 0 Å². The van der Waals surface area contributed by atoms with Crippen LogP contribution in [0.2, 0.25) is 0 Å². The predicted octanol–water partition coefficient (Wildman–Crippen LogP) is 11.9. The molecule has 3 aromatic heterocycles. The van der Waals surface area contributed by atoms with Crippen molar-refractivity contribution in [3.8, 4) is 0 Å². The van der Waals surface area contributed by atoms with Gasteiger partial charge < -0.3 is 52.5 Å². The Morgan fingerprint density at radius 3 is 1.25 bits per heavy atom. The first-order valence-corrected chi connectivity index (χ1v) is 41.8. The molecule has 16 atom stereocenters. The van der Waals surface area contributed by atoms with Gasteiger partial charge in [-0.15, -0.1) is 0 Å². The van der Waals surface area contributed by atoms with Gasteiger partial charge in [0.2, 0.25) is 5.78 Å². The number of aryl methyl sites for hydroxylation is 3. The highest BCUT2D eigenvalue weighted by Crippen LogP contribution is 2.61. The van der Waals surface area contributed by atoms with Gasteiger partial charge in [0, 0.05) is 132 Å². The number of aliphatic hydroxyl groups is 1. The minimum absolute atomic E-state index is 0.0185. The van der Waals surface area contributed by atoms with Gasteiger partial charge >= 0.3 is 23.9 Å². The van der Waals surface area contributed by atoms with Crippen LogP contribution in [0.4, 0.5) is 0 Å². The maximum absolute atomic E-state index is 13.1. The fourth-order valence-corrected chi connectivity index (χ4v) is 23.7. The van der Waals surface area contributed by atoms with E-state index < -0.39 is 34.7 Å². The van der Waals surface area contributed by atoms with Crippen molar-refractivity contribution in [3.63, 3.8) is 0 Å². The van der Waals surface area contributed by atoms with Crippen LogP contribution in [-0.2, 0) is 133 Å². The zero-order valence-electron chi connectivity index (χ0n) is 69.5.